The largest absolute Gasteiger partial charge is 0.416 e. The summed E-state index contributed by atoms with van der Waals surface area (Å²) in [4.78, 5) is 12.5. The van der Waals surface area contributed by atoms with Gasteiger partial charge in [-0.25, -0.2) is 0 Å². The van der Waals surface area contributed by atoms with Crippen LogP contribution in [0.5, 0.6) is 0 Å². The Morgan fingerprint density at radius 3 is 2.57 bits per heavy atom. The molecule has 30 heavy (non-hydrogen) atoms. The van der Waals surface area contributed by atoms with E-state index in [1.54, 1.807) is 0 Å². The average molecular weight is 421 g/mol. The van der Waals surface area contributed by atoms with Crippen LogP contribution in [-0.2, 0) is 17.9 Å². The highest BCUT2D eigenvalue weighted by Crippen LogP contribution is 2.28. The van der Waals surface area contributed by atoms with E-state index in [-0.39, 0.29) is 12.5 Å². The summed E-state index contributed by atoms with van der Waals surface area (Å²) in [6.07, 6.45) is 0. The summed E-state index contributed by atoms with van der Waals surface area (Å²) in [5.74, 6) is 0.820. The quantitative estimate of drug-likeness (QED) is 0.486. The molecule has 0 radical (unpaired) electrons. The van der Waals surface area contributed by atoms with Crippen molar-refractivity contribution in [3.05, 3.63) is 82.6 Å². The first-order valence-electron chi connectivity index (χ1n) is 9.58. The van der Waals surface area contributed by atoms with E-state index in [1.165, 1.54) is 0 Å². The number of rotatable bonds is 6. The summed E-state index contributed by atoms with van der Waals surface area (Å²) < 4.78 is 7.82. The molecule has 152 valence electrons. The number of amides is 1. The number of carbonyl (C=O) groups is 1. The zero-order valence-electron chi connectivity index (χ0n) is 16.7. The van der Waals surface area contributed by atoms with Crippen LogP contribution in [0.3, 0.4) is 0 Å². The maximum Gasteiger partial charge on any atom is 0.249 e. The van der Waals surface area contributed by atoms with Gasteiger partial charge in [-0.1, -0.05) is 41.9 Å². The molecule has 6 nitrogen and oxygen atoms in total. The van der Waals surface area contributed by atoms with Crippen LogP contribution >= 0.6 is 11.6 Å². The maximum atomic E-state index is 12.5. The van der Waals surface area contributed by atoms with Gasteiger partial charge in [0.2, 0.25) is 17.7 Å². The van der Waals surface area contributed by atoms with Crippen LogP contribution in [0.15, 0.2) is 65.1 Å². The first kappa shape index (κ1) is 19.9. The molecule has 4 aromatic rings. The average Bonchev–Trinajstić information content (AvgIpc) is 3.34. The third kappa shape index (κ3) is 4.28. The van der Waals surface area contributed by atoms with E-state index in [4.69, 9.17) is 16.0 Å². The molecule has 2 aromatic heterocycles. The number of benzene rings is 2. The predicted octanol–water partition coefficient (Wildman–Crippen LogP) is 4.79. The molecule has 2 aromatic carbocycles. The van der Waals surface area contributed by atoms with Gasteiger partial charge in [-0.2, -0.15) is 0 Å². The molecule has 0 aliphatic rings. The van der Waals surface area contributed by atoms with E-state index in [9.17, 15) is 4.79 Å². The Bertz CT molecular complexity index is 1180. The molecule has 7 heteroatoms. The Hall–Kier alpha value is -3.38. The minimum absolute atomic E-state index is 0.0844. The van der Waals surface area contributed by atoms with Crippen molar-refractivity contribution >= 4 is 17.5 Å². The number of carbonyl (C=O) groups excluding carboxylic acids is 1. The fraction of sp³-hybridized carbons (Fsp3) is 0.174. The Kier molecular flexibility index (Phi) is 5.68. The molecule has 0 spiro atoms. The van der Waals surface area contributed by atoms with Gasteiger partial charge in [0.05, 0.1) is 5.56 Å². The lowest BCUT2D eigenvalue weighted by atomic mass is 10.2. The molecule has 0 bridgehead atoms. The molecule has 0 unspecified atom stereocenters. The summed E-state index contributed by atoms with van der Waals surface area (Å²) in [5.41, 5.74) is 4.49. The first-order valence-corrected chi connectivity index (χ1v) is 9.96. The zero-order chi connectivity index (χ0) is 21.1. The molecule has 0 atom stereocenters. The predicted molar refractivity (Wildman–Crippen MR) is 116 cm³/mol. The normalized spacial score (nSPS) is 10.9. The van der Waals surface area contributed by atoms with Gasteiger partial charge in [0.1, 0.15) is 6.54 Å². The number of hydrogen-bond donors (Lipinski definition) is 1. The van der Waals surface area contributed by atoms with Gasteiger partial charge in [0.25, 0.3) is 0 Å². The van der Waals surface area contributed by atoms with E-state index in [0.717, 1.165) is 28.1 Å². The van der Waals surface area contributed by atoms with Gasteiger partial charge in [0, 0.05) is 28.5 Å². The molecular weight excluding hydrogens is 400 g/mol. The monoisotopic (exact) mass is 420 g/mol. The van der Waals surface area contributed by atoms with E-state index < -0.39 is 0 Å². The van der Waals surface area contributed by atoms with Gasteiger partial charge in [-0.05, 0) is 49.7 Å². The topological polar surface area (TPSA) is 73.0 Å². The van der Waals surface area contributed by atoms with Crippen LogP contribution in [0.25, 0.3) is 22.9 Å². The molecule has 4 rings (SSSR count). The Labute approximate surface area is 179 Å². The second-order valence-corrected chi connectivity index (χ2v) is 7.49. The molecular formula is C23H21ClN4O2. The second kappa shape index (κ2) is 8.55. The van der Waals surface area contributed by atoms with Crippen LogP contribution in [0.2, 0.25) is 5.02 Å². The molecule has 0 aliphatic heterocycles. The van der Waals surface area contributed by atoms with Crippen molar-refractivity contribution in [2.45, 2.75) is 26.9 Å². The van der Waals surface area contributed by atoms with Crippen LogP contribution in [0, 0.1) is 13.8 Å². The number of nitrogens with zero attached hydrogens (tertiary/aromatic N) is 3. The lowest BCUT2D eigenvalue weighted by Crippen LogP contribution is -2.27. The standard InChI is InChI=1S/C23H21ClN4O2/c1-15-11-20(23-27-26-22(30-23)18-8-4-3-5-9-18)16(2)28(15)14-21(29)25-13-17-7-6-10-19(24)12-17/h3-12H,13-14H2,1-2H3,(H,25,29). The van der Waals surface area contributed by atoms with Gasteiger partial charge < -0.3 is 14.3 Å². The van der Waals surface area contributed by atoms with Crippen molar-refractivity contribution in [1.29, 1.82) is 0 Å². The fourth-order valence-electron chi connectivity index (χ4n) is 3.34. The van der Waals surface area contributed by atoms with Crippen LogP contribution in [-0.4, -0.2) is 20.7 Å². The summed E-state index contributed by atoms with van der Waals surface area (Å²) in [6.45, 7) is 4.53. The number of halogens is 1. The summed E-state index contributed by atoms with van der Waals surface area (Å²) in [5, 5.41) is 11.9. The number of hydrogen-bond acceptors (Lipinski definition) is 4. The van der Waals surface area contributed by atoms with E-state index in [2.05, 4.69) is 15.5 Å². The molecule has 0 fully saturated rings. The SMILES string of the molecule is Cc1cc(-c2nnc(-c3ccccc3)o2)c(C)n1CC(=O)NCc1cccc(Cl)c1. The molecule has 1 amide bonds. The molecule has 0 saturated carbocycles. The lowest BCUT2D eigenvalue weighted by molar-refractivity contribution is -0.121. The highest BCUT2D eigenvalue weighted by molar-refractivity contribution is 6.30. The van der Waals surface area contributed by atoms with Crippen LogP contribution in [0.1, 0.15) is 17.0 Å². The number of aromatic nitrogens is 3. The van der Waals surface area contributed by atoms with Crippen molar-refractivity contribution in [1.82, 2.24) is 20.1 Å². The summed E-state index contributed by atoms with van der Waals surface area (Å²) in [6, 6.07) is 19.0. The van der Waals surface area contributed by atoms with Crippen molar-refractivity contribution in [2.24, 2.45) is 0 Å². The minimum atomic E-state index is -0.0844. The highest BCUT2D eigenvalue weighted by atomic mass is 35.5. The Balaban J connectivity index is 1.48. The third-order valence-corrected chi connectivity index (χ3v) is 5.17. The molecule has 0 saturated heterocycles. The van der Waals surface area contributed by atoms with Gasteiger partial charge in [-0.15, -0.1) is 10.2 Å². The van der Waals surface area contributed by atoms with E-state index in [1.807, 2.05) is 79.1 Å². The second-order valence-electron chi connectivity index (χ2n) is 7.06. The van der Waals surface area contributed by atoms with Crippen LogP contribution in [0.4, 0.5) is 0 Å². The van der Waals surface area contributed by atoms with Crippen LogP contribution < -0.4 is 5.32 Å². The molecule has 0 aliphatic carbocycles. The fourth-order valence-corrected chi connectivity index (χ4v) is 3.55. The molecule has 2 heterocycles. The Morgan fingerprint density at radius 1 is 1.03 bits per heavy atom. The zero-order valence-corrected chi connectivity index (χ0v) is 17.5. The number of aryl methyl sites for hydroxylation is 1. The van der Waals surface area contributed by atoms with Gasteiger partial charge >= 0.3 is 0 Å². The summed E-state index contributed by atoms with van der Waals surface area (Å²) in [7, 11) is 0. The smallest absolute Gasteiger partial charge is 0.249 e. The maximum absolute atomic E-state index is 12.5. The minimum Gasteiger partial charge on any atom is -0.416 e. The van der Waals surface area contributed by atoms with E-state index >= 15 is 0 Å². The lowest BCUT2D eigenvalue weighted by Gasteiger charge is -2.10. The van der Waals surface area contributed by atoms with Crippen molar-refractivity contribution in [3.8, 4) is 22.9 Å². The Morgan fingerprint density at radius 2 is 1.80 bits per heavy atom. The van der Waals surface area contributed by atoms with Crippen molar-refractivity contribution in [2.75, 3.05) is 0 Å². The highest BCUT2D eigenvalue weighted by Gasteiger charge is 2.18. The molecule has 1 N–H and O–H groups in total. The third-order valence-electron chi connectivity index (χ3n) is 4.93. The van der Waals surface area contributed by atoms with Crippen molar-refractivity contribution in [3.63, 3.8) is 0 Å². The summed E-state index contributed by atoms with van der Waals surface area (Å²) >= 11 is 6.00. The van der Waals surface area contributed by atoms with Gasteiger partial charge in [0.15, 0.2) is 0 Å². The van der Waals surface area contributed by atoms with Gasteiger partial charge in [-0.3, -0.25) is 4.79 Å². The van der Waals surface area contributed by atoms with E-state index in [0.29, 0.717) is 23.3 Å². The first-order chi connectivity index (χ1) is 14.5. The number of nitrogens with one attached hydrogen (secondary N) is 1. The van der Waals surface area contributed by atoms with Crippen molar-refractivity contribution < 1.29 is 9.21 Å².